The van der Waals surface area contributed by atoms with Crippen molar-refractivity contribution in [1.29, 1.82) is 0 Å². The first-order valence-corrected chi connectivity index (χ1v) is 11.3. The quantitative estimate of drug-likeness (QED) is 0.301. The molecule has 0 unspecified atom stereocenters. The minimum absolute atomic E-state index is 0.310. The van der Waals surface area contributed by atoms with Gasteiger partial charge in [0, 0.05) is 39.6 Å². The van der Waals surface area contributed by atoms with Gasteiger partial charge in [-0.25, -0.2) is 0 Å². The molecule has 2 aromatic carbocycles. The summed E-state index contributed by atoms with van der Waals surface area (Å²) in [5, 5.41) is 9.59. The summed E-state index contributed by atoms with van der Waals surface area (Å²) in [7, 11) is 0. The van der Waals surface area contributed by atoms with Gasteiger partial charge in [0.25, 0.3) is 0 Å². The van der Waals surface area contributed by atoms with Crippen LogP contribution < -0.4 is 10.6 Å². The van der Waals surface area contributed by atoms with E-state index in [9.17, 15) is 13.2 Å². The van der Waals surface area contributed by atoms with E-state index in [1.165, 1.54) is 6.07 Å². The molecule has 4 nitrogen and oxygen atoms in total. The third-order valence-electron chi connectivity index (χ3n) is 6.23. The number of pyridine rings is 2. The van der Waals surface area contributed by atoms with Crippen LogP contribution in [0.5, 0.6) is 0 Å². The van der Waals surface area contributed by atoms with E-state index < -0.39 is 17.4 Å². The molecule has 0 saturated heterocycles. The Labute approximate surface area is 194 Å². The van der Waals surface area contributed by atoms with E-state index in [-0.39, 0.29) is 0 Å². The average molecular weight is 471 g/mol. The molecular formula is C25H22ClF3N4. The number of aromatic nitrogens is 2. The van der Waals surface area contributed by atoms with E-state index in [1.54, 1.807) is 12.4 Å². The predicted molar refractivity (Wildman–Crippen MR) is 127 cm³/mol. The molecule has 8 heteroatoms. The Morgan fingerprint density at radius 2 is 1.33 bits per heavy atom. The largest absolute Gasteiger partial charge is 0.416 e. The smallest absolute Gasteiger partial charge is 0.362 e. The molecular weight excluding hydrogens is 449 g/mol. The Bertz CT molecular complexity index is 1320. The lowest BCUT2D eigenvalue weighted by Crippen LogP contribution is -2.47. The van der Waals surface area contributed by atoms with E-state index in [0.717, 1.165) is 66.5 Å². The zero-order valence-electron chi connectivity index (χ0n) is 17.7. The van der Waals surface area contributed by atoms with Gasteiger partial charge >= 0.3 is 6.18 Å². The monoisotopic (exact) mass is 470 g/mol. The minimum Gasteiger partial charge on any atom is -0.362 e. The number of rotatable bonds is 4. The number of nitrogens with zero attached hydrogens (tertiary/aromatic N) is 2. The van der Waals surface area contributed by atoms with E-state index in [1.807, 2.05) is 30.3 Å². The molecule has 2 N–H and O–H groups in total. The van der Waals surface area contributed by atoms with Gasteiger partial charge in [-0.1, -0.05) is 24.1 Å². The average Bonchev–Trinajstić information content (AvgIpc) is 2.79. The van der Waals surface area contributed by atoms with Gasteiger partial charge in [0.2, 0.25) is 0 Å². The Hall–Kier alpha value is -3.06. The Kier molecular flexibility index (Phi) is 5.52. The number of halogens is 4. The molecule has 1 fully saturated rings. The van der Waals surface area contributed by atoms with Crippen LogP contribution in [0.25, 0.3) is 21.8 Å². The number of hydrogen-bond acceptors (Lipinski definition) is 4. The summed E-state index contributed by atoms with van der Waals surface area (Å²) >= 11 is 6.14. The first kappa shape index (κ1) is 21.8. The lowest BCUT2D eigenvalue weighted by atomic mass is 9.88. The molecule has 0 spiro atoms. The zero-order chi connectivity index (χ0) is 23.1. The predicted octanol–water partition coefficient (Wildman–Crippen LogP) is 7.64. The van der Waals surface area contributed by atoms with Crippen molar-refractivity contribution in [3.05, 3.63) is 71.5 Å². The SMILES string of the molecule is FC(F)(F)c1ccc2c(NC3(Nc4ccnc5cc(Cl)ccc45)CCCCC3)ccnc2c1. The molecule has 1 aliphatic carbocycles. The summed E-state index contributed by atoms with van der Waals surface area (Å²) in [5.41, 5.74) is 1.64. The van der Waals surface area contributed by atoms with Crippen LogP contribution in [0, 0.1) is 0 Å². The van der Waals surface area contributed by atoms with Crippen LogP contribution in [-0.4, -0.2) is 15.6 Å². The standard InChI is InChI=1S/C25H22ClF3N4/c26-17-5-7-19-21(9-13-31-23(19)15-17)33-24(10-2-1-3-11-24)32-20-8-12-30-22-14-16(25(27,28)29)4-6-18(20)22/h4-9,12-15H,1-3,10-11H2,(H,30,32)(H,31,33). The van der Waals surface area contributed by atoms with Crippen LogP contribution in [-0.2, 0) is 6.18 Å². The summed E-state index contributed by atoms with van der Waals surface area (Å²) in [4.78, 5) is 8.61. The highest BCUT2D eigenvalue weighted by Crippen LogP contribution is 2.38. The van der Waals surface area contributed by atoms with Gasteiger partial charge in [-0.2, -0.15) is 13.2 Å². The number of anilines is 2. The maximum Gasteiger partial charge on any atom is 0.416 e. The number of alkyl halides is 3. The Balaban J connectivity index is 1.54. The molecule has 0 radical (unpaired) electrons. The molecule has 0 amide bonds. The van der Waals surface area contributed by atoms with Crippen LogP contribution in [0.15, 0.2) is 60.9 Å². The van der Waals surface area contributed by atoms with Crippen LogP contribution in [0.2, 0.25) is 5.02 Å². The summed E-state index contributed by atoms with van der Waals surface area (Å²) in [5.74, 6) is 0. The fraction of sp³-hybridized carbons (Fsp3) is 0.280. The van der Waals surface area contributed by atoms with Crippen molar-refractivity contribution in [3.8, 4) is 0 Å². The van der Waals surface area contributed by atoms with Crippen LogP contribution >= 0.6 is 11.6 Å². The maximum atomic E-state index is 13.2. The van der Waals surface area contributed by atoms with Crippen molar-refractivity contribution in [3.63, 3.8) is 0 Å². The molecule has 33 heavy (non-hydrogen) atoms. The molecule has 5 rings (SSSR count). The molecule has 0 atom stereocenters. The summed E-state index contributed by atoms with van der Waals surface area (Å²) in [6.07, 6.45) is 3.85. The lowest BCUT2D eigenvalue weighted by Gasteiger charge is -2.41. The van der Waals surface area contributed by atoms with Gasteiger partial charge in [0.05, 0.1) is 16.6 Å². The van der Waals surface area contributed by atoms with Crippen molar-refractivity contribution >= 4 is 44.8 Å². The highest BCUT2D eigenvalue weighted by molar-refractivity contribution is 6.31. The number of fused-ring (bicyclic) bond motifs is 2. The van der Waals surface area contributed by atoms with E-state index in [2.05, 4.69) is 20.6 Å². The first-order valence-electron chi connectivity index (χ1n) is 10.9. The van der Waals surface area contributed by atoms with E-state index in [4.69, 9.17) is 11.6 Å². The van der Waals surface area contributed by atoms with Gasteiger partial charge in [-0.15, -0.1) is 0 Å². The second kappa shape index (κ2) is 8.37. The van der Waals surface area contributed by atoms with Crippen LogP contribution in [0.4, 0.5) is 24.5 Å². The Morgan fingerprint density at radius 3 is 1.94 bits per heavy atom. The number of nitrogens with one attached hydrogen (secondary N) is 2. The number of benzene rings is 2. The summed E-state index contributed by atoms with van der Waals surface area (Å²) in [6, 6.07) is 13.1. The van der Waals surface area contributed by atoms with Crippen molar-refractivity contribution in [2.24, 2.45) is 0 Å². The van der Waals surface area contributed by atoms with Crippen molar-refractivity contribution in [2.45, 2.75) is 43.9 Å². The minimum atomic E-state index is -4.41. The molecule has 1 aliphatic rings. The molecule has 170 valence electrons. The molecule has 2 heterocycles. The van der Waals surface area contributed by atoms with Gasteiger partial charge in [-0.05, 0) is 68.1 Å². The van der Waals surface area contributed by atoms with Crippen LogP contribution in [0.3, 0.4) is 0 Å². The van der Waals surface area contributed by atoms with Gasteiger partial charge in [0.1, 0.15) is 5.66 Å². The molecule has 2 aromatic heterocycles. The highest BCUT2D eigenvalue weighted by Gasteiger charge is 2.34. The van der Waals surface area contributed by atoms with Crippen molar-refractivity contribution < 1.29 is 13.2 Å². The fourth-order valence-electron chi connectivity index (χ4n) is 4.62. The second-order valence-electron chi connectivity index (χ2n) is 8.50. The maximum absolute atomic E-state index is 13.2. The van der Waals surface area contributed by atoms with Crippen molar-refractivity contribution in [1.82, 2.24) is 9.97 Å². The third kappa shape index (κ3) is 4.42. The van der Waals surface area contributed by atoms with Crippen LogP contribution in [0.1, 0.15) is 37.7 Å². The topological polar surface area (TPSA) is 49.8 Å². The molecule has 1 saturated carbocycles. The molecule has 0 aliphatic heterocycles. The third-order valence-corrected chi connectivity index (χ3v) is 6.46. The fourth-order valence-corrected chi connectivity index (χ4v) is 4.78. The summed E-state index contributed by atoms with van der Waals surface area (Å²) < 4.78 is 39.5. The number of hydrogen-bond donors (Lipinski definition) is 2. The molecule has 0 bridgehead atoms. The van der Waals surface area contributed by atoms with Crippen molar-refractivity contribution in [2.75, 3.05) is 10.6 Å². The van der Waals surface area contributed by atoms with E-state index in [0.29, 0.717) is 15.9 Å². The van der Waals surface area contributed by atoms with Gasteiger partial charge in [-0.3, -0.25) is 9.97 Å². The lowest BCUT2D eigenvalue weighted by molar-refractivity contribution is -0.137. The first-order chi connectivity index (χ1) is 15.8. The van der Waals surface area contributed by atoms with Gasteiger partial charge in [0.15, 0.2) is 0 Å². The summed E-state index contributed by atoms with van der Waals surface area (Å²) in [6.45, 7) is 0. The Morgan fingerprint density at radius 1 is 0.758 bits per heavy atom. The highest BCUT2D eigenvalue weighted by atomic mass is 35.5. The van der Waals surface area contributed by atoms with E-state index >= 15 is 0 Å². The van der Waals surface area contributed by atoms with Gasteiger partial charge < -0.3 is 10.6 Å². The molecule has 4 aromatic rings. The zero-order valence-corrected chi connectivity index (χ0v) is 18.5. The second-order valence-corrected chi connectivity index (χ2v) is 8.94. The normalized spacial score (nSPS) is 16.1.